The molecule has 2 aromatic heterocycles. The lowest BCUT2D eigenvalue weighted by Gasteiger charge is -2.06. The molecule has 1 aliphatic rings. The van der Waals surface area contributed by atoms with Crippen molar-refractivity contribution in [2.24, 2.45) is 0 Å². The number of aromatic nitrogens is 3. The molecule has 0 spiro atoms. The summed E-state index contributed by atoms with van der Waals surface area (Å²) in [5.41, 5.74) is 1.48. The average molecular weight is 355 g/mol. The molecule has 0 aromatic carbocycles. The lowest BCUT2D eigenvalue weighted by Crippen LogP contribution is -2.30. The Balaban J connectivity index is 1.87. The fourth-order valence-corrected chi connectivity index (χ4v) is 4.88. The van der Waals surface area contributed by atoms with E-state index in [0.717, 1.165) is 36.4 Å². The molecule has 3 heterocycles. The minimum absolute atomic E-state index is 0.0540. The first-order valence-electron chi connectivity index (χ1n) is 7.06. The van der Waals surface area contributed by atoms with Gasteiger partial charge in [-0.15, -0.1) is 0 Å². The minimum atomic E-state index is -3.95. The number of thiazole rings is 1. The van der Waals surface area contributed by atoms with Crippen LogP contribution in [0, 0.1) is 6.92 Å². The highest BCUT2D eigenvalue weighted by Gasteiger charge is 2.28. The number of carbonyl (C=O) groups excluding carboxylic acids is 1. The Bertz CT molecular complexity index is 866. The van der Waals surface area contributed by atoms with Crippen molar-refractivity contribution >= 4 is 32.4 Å². The van der Waals surface area contributed by atoms with Crippen molar-refractivity contribution in [3.63, 3.8) is 0 Å². The quantitative estimate of drug-likeness (QED) is 0.870. The van der Waals surface area contributed by atoms with Crippen molar-refractivity contribution in [3.05, 3.63) is 23.1 Å². The van der Waals surface area contributed by atoms with Gasteiger partial charge in [0.1, 0.15) is 0 Å². The van der Waals surface area contributed by atoms with E-state index in [1.54, 1.807) is 30.6 Å². The molecule has 0 saturated heterocycles. The van der Waals surface area contributed by atoms with Gasteiger partial charge in [-0.2, -0.15) is 5.10 Å². The molecule has 1 N–H and O–H groups in total. The second kappa shape index (κ2) is 5.60. The summed E-state index contributed by atoms with van der Waals surface area (Å²) in [4.78, 5) is 18.3. The number of carbonyl (C=O) groups is 1. The van der Waals surface area contributed by atoms with Crippen molar-refractivity contribution in [1.29, 1.82) is 0 Å². The van der Waals surface area contributed by atoms with Gasteiger partial charge < -0.3 is 4.90 Å². The van der Waals surface area contributed by atoms with E-state index in [1.807, 2.05) is 0 Å². The summed E-state index contributed by atoms with van der Waals surface area (Å²) in [6.07, 6.45) is 3.06. The number of rotatable bonds is 4. The zero-order valence-corrected chi connectivity index (χ0v) is 14.7. The SMILES string of the molecule is Cc1nc(N(C)C)sc1S(=O)(=O)NC(=O)c1cnn2c1CCC2. The number of amides is 1. The second-order valence-electron chi connectivity index (χ2n) is 5.53. The van der Waals surface area contributed by atoms with E-state index in [0.29, 0.717) is 16.4 Å². The molecule has 1 amide bonds. The van der Waals surface area contributed by atoms with Crippen molar-refractivity contribution < 1.29 is 13.2 Å². The molecule has 10 heteroatoms. The van der Waals surface area contributed by atoms with Crippen LogP contribution >= 0.6 is 11.3 Å². The van der Waals surface area contributed by atoms with Crippen LogP contribution in [0.1, 0.15) is 28.2 Å². The summed E-state index contributed by atoms with van der Waals surface area (Å²) >= 11 is 1.03. The summed E-state index contributed by atoms with van der Waals surface area (Å²) in [5.74, 6) is -0.646. The van der Waals surface area contributed by atoms with Crippen LogP contribution in [-0.4, -0.2) is 43.2 Å². The normalized spacial score (nSPS) is 13.9. The third-order valence-corrected chi connectivity index (χ3v) is 6.84. The number of hydrogen-bond acceptors (Lipinski definition) is 7. The molecule has 0 fully saturated rings. The van der Waals surface area contributed by atoms with Crippen molar-refractivity contribution in [1.82, 2.24) is 19.5 Å². The van der Waals surface area contributed by atoms with E-state index in [1.165, 1.54) is 6.20 Å². The number of aryl methyl sites for hydroxylation is 2. The molecule has 0 unspecified atom stereocenters. The first-order valence-corrected chi connectivity index (χ1v) is 9.36. The number of sulfonamides is 1. The summed E-state index contributed by atoms with van der Waals surface area (Å²) in [5, 5.41) is 4.68. The van der Waals surface area contributed by atoms with Gasteiger partial charge in [0.15, 0.2) is 9.34 Å². The Hall–Kier alpha value is -1.94. The Morgan fingerprint density at radius 1 is 1.43 bits per heavy atom. The molecular weight excluding hydrogens is 338 g/mol. The maximum Gasteiger partial charge on any atom is 0.275 e. The standard InChI is InChI=1S/C13H17N5O3S2/c1-8-12(22-13(15-8)17(2)3)23(20,21)16-11(19)9-7-14-18-6-4-5-10(9)18/h7H,4-6H2,1-3H3,(H,16,19). The van der Waals surface area contributed by atoms with Gasteiger partial charge in [0, 0.05) is 20.6 Å². The Kier molecular flexibility index (Phi) is 3.88. The highest BCUT2D eigenvalue weighted by atomic mass is 32.2. The van der Waals surface area contributed by atoms with E-state index in [9.17, 15) is 13.2 Å². The number of nitrogens with zero attached hydrogens (tertiary/aromatic N) is 4. The highest BCUT2D eigenvalue weighted by Crippen LogP contribution is 2.28. The zero-order valence-electron chi connectivity index (χ0n) is 13.0. The van der Waals surface area contributed by atoms with E-state index in [-0.39, 0.29) is 4.21 Å². The number of fused-ring (bicyclic) bond motifs is 1. The summed E-state index contributed by atoms with van der Waals surface area (Å²) in [7, 11) is -0.391. The van der Waals surface area contributed by atoms with E-state index >= 15 is 0 Å². The summed E-state index contributed by atoms with van der Waals surface area (Å²) < 4.78 is 28.9. The lowest BCUT2D eigenvalue weighted by molar-refractivity contribution is 0.0980. The molecule has 0 aliphatic carbocycles. The van der Waals surface area contributed by atoms with Gasteiger partial charge in [-0.25, -0.2) is 18.1 Å². The smallest absolute Gasteiger partial charge is 0.275 e. The summed E-state index contributed by atoms with van der Waals surface area (Å²) in [6.45, 7) is 2.37. The van der Waals surface area contributed by atoms with E-state index in [4.69, 9.17) is 0 Å². The molecule has 0 bridgehead atoms. The fourth-order valence-electron chi connectivity index (χ4n) is 2.49. The third-order valence-electron chi connectivity index (χ3n) is 3.57. The molecule has 1 aliphatic heterocycles. The number of hydrogen-bond donors (Lipinski definition) is 1. The second-order valence-corrected chi connectivity index (χ2v) is 8.39. The van der Waals surface area contributed by atoms with Gasteiger partial charge in [0.25, 0.3) is 15.9 Å². The molecule has 0 atom stereocenters. The minimum Gasteiger partial charge on any atom is -0.354 e. The number of anilines is 1. The molecule has 8 nitrogen and oxygen atoms in total. The van der Waals surface area contributed by atoms with Gasteiger partial charge in [0.2, 0.25) is 0 Å². The van der Waals surface area contributed by atoms with Gasteiger partial charge in [-0.1, -0.05) is 11.3 Å². The fraction of sp³-hybridized carbons (Fsp3) is 0.462. The maximum absolute atomic E-state index is 12.5. The van der Waals surface area contributed by atoms with Crippen LogP contribution in [0.5, 0.6) is 0 Å². The van der Waals surface area contributed by atoms with Gasteiger partial charge in [0.05, 0.1) is 23.1 Å². The first-order chi connectivity index (χ1) is 10.8. The molecular formula is C13H17N5O3S2. The topological polar surface area (TPSA) is 97.2 Å². The summed E-state index contributed by atoms with van der Waals surface area (Å²) in [6, 6.07) is 0. The Labute approximate surface area is 138 Å². The molecule has 124 valence electrons. The maximum atomic E-state index is 12.5. The molecule has 2 aromatic rings. The van der Waals surface area contributed by atoms with Crippen LogP contribution in [0.4, 0.5) is 5.13 Å². The van der Waals surface area contributed by atoms with Gasteiger partial charge in [-0.3, -0.25) is 9.48 Å². The van der Waals surface area contributed by atoms with Crippen LogP contribution in [0.2, 0.25) is 0 Å². The van der Waals surface area contributed by atoms with Crippen LogP contribution in [0.25, 0.3) is 0 Å². The first kappa shape index (κ1) is 15.9. The number of nitrogens with one attached hydrogen (secondary N) is 1. The third kappa shape index (κ3) is 2.83. The van der Waals surface area contributed by atoms with Crippen LogP contribution in [0.15, 0.2) is 10.4 Å². The predicted molar refractivity (Wildman–Crippen MR) is 86.4 cm³/mol. The van der Waals surface area contributed by atoms with E-state index < -0.39 is 15.9 Å². The molecule has 23 heavy (non-hydrogen) atoms. The molecule has 3 rings (SSSR count). The van der Waals surface area contributed by atoms with E-state index in [2.05, 4.69) is 14.8 Å². The van der Waals surface area contributed by atoms with Crippen molar-refractivity contribution in [2.75, 3.05) is 19.0 Å². The van der Waals surface area contributed by atoms with Gasteiger partial charge >= 0.3 is 0 Å². The Morgan fingerprint density at radius 3 is 2.83 bits per heavy atom. The monoisotopic (exact) mass is 355 g/mol. The van der Waals surface area contributed by atoms with Crippen LogP contribution in [-0.2, 0) is 23.0 Å². The lowest BCUT2D eigenvalue weighted by atomic mass is 10.2. The van der Waals surface area contributed by atoms with Crippen LogP contribution in [0.3, 0.4) is 0 Å². The highest BCUT2D eigenvalue weighted by molar-refractivity contribution is 7.92. The van der Waals surface area contributed by atoms with Crippen molar-refractivity contribution in [2.45, 2.75) is 30.5 Å². The predicted octanol–water partition coefficient (Wildman–Crippen LogP) is 0.779. The van der Waals surface area contributed by atoms with Crippen molar-refractivity contribution in [3.8, 4) is 0 Å². The molecule has 0 radical (unpaired) electrons. The Morgan fingerprint density at radius 2 is 2.17 bits per heavy atom. The van der Waals surface area contributed by atoms with Crippen LogP contribution < -0.4 is 9.62 Å². The average Bonchev–Trinajstić information content (AvgIpc) is 3.10. The zero-order chi connectivity index (χ0) is 16.8. The largest absolute Gasteiger partial charge is 0.354 e. The van der Waals surface area contributed by atoms with Gasteiger partial charge in [-0.05, 0) is 19.8 Å². The molecule has 0 saturated carbocycles.